The zero-order chi connectivity index (χ0) is 23.4. The summed E-state index contributed by atoms with van der Waals surface area (Å²) in [5.41, 5.74) is 0. The molecule has 0 aromatic rings. The molecule has 1 rings (SSSR count). The molecule has 0 aromatic carbocycles. The summed E-state index contributed by atoms with van der Waals surface area (Å²) < 4.78 is 161. The molecule has 1 aliphatic carbocycles. The Hall–Kier alpha value is -0.734. The summed E-state index contributed by atoms with van der Waals surface area (Å²) in [6.45, 7) is 4.50. The molecule has 0 N–H and O–H groups in total. The summed E-state index contributed by atoms with van der Waals surface area (Å²) in [6, 6.07) is 0. The second-order valence-electron chi connectivity index (χ2n) is 3.83. The third kappa shape index (κ3) is 19.0. The van der Waals surface area contributed by atoms with Gasteiger partial charge in [-0.1, -0.05) is 0 Å². The Bertz CT molecular complexity index is 401. The minimum atomic E-state index is -6.20. The van der Waals surface area contributed by atoms with Gasteiger partial charge in [-0.25, -0.2) is 13.2 Å². The van der Waals surface area contributed by atoms with Crippen molar-refractivity contribution in [1.29, 1.82) is 0 Å². The first-order valence-corrected chi connectivity index (χ1v) is 5.84. The molecule has 0 heterocycles. The molecule has 0 bridgehead atoms. The maximum Gasteiger partial charge on any atom is 0 e. The molecule has 1 aliphatic rings. The van der Waals surface area contributed by atoms with E-state index in [1.165, 1.54) is 0 Å². The van der Waals surface area contributed by atoms with Crippen LogP contribution in [-0.2, 0) is 21.4 Å². The van der Waals surface area contributed by atoms with Crippen molar-refractivity contribution in [3.8, 4) is 0 Å². The zero-order valence-corrected chi connectivity index (χ0v) is 14.0. The molecule has 16 heteroatoms. The maximum atomic E-state index is 11.4. The first kappa shape index (κ1) is 35.7. The van der Waals surface area contributed by atoms with E-state index >= 15 is 0 Å². The van der Waals surface area contributed by atoms with Crippen LogP contribution in [0.15, 0.2) is 0 Å². The van der Waals surface area contributed by atoms with Gasteiger partial charge in [0.25, 0.3) is 12.1 Å². The monoisotopic (exact) mass is 503 g/mol. The Balaban J connectivity index is -0.000000159. The van der Waals surface area contributed by atoms with Crippen LogP contribution in [0, 0.1) is 57.8 Å². The van der Waals surface area contributed by atoms with E-state index in [1.807, 2.05) is 32.1 Å². The van der Waals surface area contributed by atoms with Gasteiger partial charge in [-0.15, -0.1) is 0 Å². The topological polar surface area (TPSA) is 19.9 Å². The van der Waals surface area contributed by atoms with Crippen molar-refractivity contribution in [2.45, 2.75) is 24.5 Å². The minimum Gasteiger partial charge on any atom is -0.0312 e. The second kappa shape index (κ2) is 15.1. The largest absolute Gasteiger partial charge is 0.0312 e. The Labute approximate surface area is 166 Å². The molecule has 29 heavy (non-hydrogen) atoms. The van der Waals surface area contributed by atoms with Crippen molar-refractivity contribution in [2.75, 3.05) is 0 Å². The van der Waals surface area contributed by atoms with Gasteiger partial charge in [0.2, 0.25) is 0 Å². The average molecular weight is 503 g/mol. The fraction of sp³-hybridized carbons (Fsp3) is 0.308. The average Bonchev–Trinajstić information content (AvgIpc) is 3.05. The molecular weight excluding hydrogens is 497 g/mol. The molecule has 0 aliphatic heterocycles. The van der Waals surface area contributed by atoms with E-state index in [0.29, 0.717) is 0 Å². The molecule has 0 amide bonds. The Morgan fingerprint density at radius 2 is 1.00 bits per heavy atom. The molecule has 0 unspecified atom stereocenters. The molecule has 1 nitrogen and oxygen atoms in total. The van der Waals surface area contributed by atoms with Gasteiger partial charge in [-0.05, 0) is 32.1 Å². The van der Waals surface area contributed by atoms with Crippen LogP contribution < -0.4 is 0 Å². The predicted molar refractivity (Wildman–Crippen MR) is 62.7 cm³/mol. The number of hydrogen-bond acceptors (Lipinski definition) is 0. The molecule has 1 fully saturated rings. The van der Waals surface area contributed by atoms with E-state index in [2.05, 4.69) is 6.65 Å². The van der Waals surface area contributed by atoms with Crippen LogP contribution >= 0.6 is 0 Å². The van der Waals surface area contributed by atoms with E-state index in [-0.39, 0.29) is 16.8 Å². The van der Waals surface area contributed by atoms with E-state index < -0.39 is 43.5 Å². The summed E-state index contributed by atoms with van der Waals surface area (Å²) in [5.74, 6) is -5.98. The number of rotatable bonds is 2. The van der Waals surface area contributed by atoms with E-state index in [9.17, 15) is 61.5 Å². The van der Waals surface area contributed by atoms with Crippen LogP contribution in [0.5, 0.6) is 0 Å². The molecule has 172 valence electrons. The van der Waals surface area contributed by atoms with Crippen molar-refractivity contribution in [3.05, 3.63) is 57.8 Å². The summed E-state index contributed by atoms with van der Waals surface area (Å²) in [5, 5.41) is 0. The van der Waals surface area contributed by atoms with Crippen molar-refractivity contribution >= 4 is 0 Å². The third-order valence-electron chi connectivity index (χ3n) is 1.71. The Morgan fingerprint density at radius 1 is 0.724 bits per heavy atom. The molecule has 0 aromatic heterocycles. The van der Waals surface area contributed by atoms with Crippen LogP contribution in [0.4, 0.5) is 61.5 Å². The van der Waals surface area contributed by atoms with Crippen LogP contribution in [-0.4, -0.2) is 24.5 Å². The molecule has 0 spiro atoms. The van der Waals surface area contributed by atoms with Gasteiger partial charge in [0.15, 0.2) is 0 Å². The second-order valence-corrected chi connectivity index (χ2v) is 3.83. The number of alkyl halides is 11. The van der Waals surface area contributed by atoms with E-state index in [0.717, 1.165) is 0 Å². The number of halogens is 14. The minimum absolute atomic E-state index is 0. The molecule has 0 atom stereocenters. The van der Waals surface area contributed by atoms with Crippen LogP contribution in [0.25, 0.3) is 0 Å². The van der Waals surface area contributed by atoms with Crippen LogP contribution in [0.3, 0.4) is 0 Å². The quantitative estimate of drug-likeness (QED) is 0.236. The van der Waals surface area contributed by atoms with Gasteiger partial charge in [-0.2, -0.15) is 39.5 Å². The van der Waals surface area contributed by atoms with Crippen molar-refractivity contribution < 1.29 is 82.9 Å². The summed E-state index contributed by atoms with van der Waals surface area (Å²) in [4.78, 5) is 0. The summed E-state index contributed by atoms with van der Waals surface area (Å²) in [7, 11) is 0. The van der Waals surface area contributed by atoms with Crippen molar-refractivity contribution in [3.63, 3.8) is 0 Å². The fourth-order valence-electron chi connectivity index (χ4n) is 0.653. The Kier molecular flexibility index (Phi) is 18.6. The van der Waals surface area contributed by atoms with Gasteiger partial charge >= 0.3 is 29.8 Å². The maximum absolute atomic E-state index is 11.4. The third-order valence-corrected chi connectivity index (χ3v) is 1.71. The van der Waals surface area contributed by atoms with E-state index in [1.54, 1.807) is 0 Å². The first-order chi connectivity index (χ1) is 12.3. The number of hydrogen-bond donors (Lipinski definition) is 0. The van der Waals surface area contributed by atoms with Gasteiger partial charge in [0, 0.05) is 16.8 Å². The van der Waals surface area contributed by atoms with Crippen LogP contribution in [0.2, 0.25) is 0 Å². The molecular formula is C13H6CoF14O-. The van der Waals surface area contributed by atoms with Gasteiger partial charge in [0.1, 0.15) is 6.42 Å². The standard InChI is InChI=1S/C5H5.C4HF7.C3F7.CO.Co/c1-2-4-5-3-1;5-2(4(9,10)11)1-3(6,7)8;4-1(5)2(6,7)3(8,9)10;1-2;/h1-5H;1H;;;/q;;-1;;. The molecule has 1 saturated carbocycles. The molecule has 0 saturated heterocycles. The van der Waals surface area contributed by atoms with E-state index in [4.69, 9.17) is 4.65 Å². The van der Waals surface area contributed by atoms with Gasteiger partial charge in [-0.3, -0.25) is 0 Å². The van der Waals surface area contributed by atoms with Gasteiger partial charge in [0.05, 0.1) is 6.43 Å². The van der Waals surface area contributed by atoms with Crippen LogP contribution in [0.1, 0.15) is 0 Å². The predicted octanol–water partition coefficient (Wildman–Crippen LogP) is 6.41. The van der Waals surface area contributed by atoms with Gasteiger partial charge < -0.3 is 8.78 Å². The van der Waals surface area contributed by atoms with Crippen molar-refractivity contribution in [2.24, 2.45) is 0 Å². The van der Waals surface area contributed by atoms with Crippen molar-refractivity contribution in [1.82, 2.24) is 0 Å². The summed E-state index contributed by atoms with van der Waals surface area (Å²) in [6.07, 6.45) is -15.6. The zero-order valence-electron chi connectivity index (χ0n) is 13.0. The summed E-state index contributed by atoms with van der Waals surface area (Å²) >= 11 is 0. The molecule has 8 radical (unpaired) electrons. The Morgan fingerprint density at radius 3 is 1.07 bits per heavy atom. The normalized spacial score (nSPS) is 14.6. The SMILES string of the molecule is F[C-](F)C(F)(F)C(F)(F)F.F[C]([CH]C(F)(F)F)C(F)(F)F.[C-]#[O+].[CH]1[CH][CH][CH][CH]1.[Co]. The first-order valence-electron chi connectivity index (χ1n) is 5.84. The smallest absolute Gasteiger partial charge is 0 e. The fourth-order valence-corrected chi connectivity index (χ4v) is 0.653.